The molecule has 2 aromatic rings. The van der Waals surface area contributed by atoms with E-state index in [0.29, 0.717) is 11.3 Å². The molecule has 0 radical (unpaired) electrons. The second-order valence-electron chi connectivity index (χ2n) is 3.20. The van der Waals surface area contributed by atoms with Gasteiger partial charge in [-0.2, -0.15) is 0 Å². The smallest absolute Gasteiger partial charge is 0.345 e. The Morgan fingerprint density at radius 2 is 2.40 bits per heavy atom. The predicted molar refractivity (Wildman–Crippen MR) is 57.3 cm³/mol. The number of imidazole rings is 1. The lowest BCUT2D eigenvalue weighted by molar-refractivity contribution is 0.0702. The second-order valence-corrected chi connectivity index (χ2v) is 4.37. The van der Waals surface area contributed by atoms with Crippen LogP contribution < -0.4 is 0 Å². The van der Waals surface area contributed by atoms with Crippen LogP contribution in [0.25, 0.3) is 0 Å². The van der Waals surface area contributed by atoms with Crippen molar-refractivity contribution in [2.45, 2.75) is 6.42 Å². The Hall–Kier alpha value is -1.62. The van der Waals surface area contributed by atoms with E-state index in [2.05, 4.69) is 4.98 Å². The SMILES string of the molecule is Cn1ccnc1Cc1ccc(C(=O)O)s1. The van der Waals surface area contributed by atoms with E-state index in [9.17, 15) is 4.79 Å². The maximum Gasteiger partial charge on any atom is 0.345 e. The number of hydrogen-bond acceptors (Lipinski definition) is 3. The van der Waals surface area contributed by atoms with Crippen LogP contribution in [0.4, 0.5) is 0 Å². The summed E-state index contributed by atoms with van der Waals surface area (Å²) in [5.41, 5.74) is 0. The number of carbonyl (C=O) groups is 1. The van der Waals surface area contributed by atoms with Gasteiger partial charge in [0.2, 0.25) is 0 Å². The summed E-state index contributed by atoms with van der Waals surface area (Å²) in [6, 6.07) is 3.47. The van der Waals surface area contributed by atoms with E-state index in [4.69, 9.17) is 5.11 Å². The van der Waals surface area contributed by atoms with Gasteiger partial charge >= 0.3 is 5.97 Å². The number of rotatable bonds is 3. The third-order valence-electron chi connectivity index (χ3n) is 2.13. The Morgan fingerprint density at radius 1 is 1.60 bits per heavy atom. The molecule has 0 aliphatic heterocycles. The lowest BCUT2D eigenvalue weighted by Gasteiger charge is -1.98. The maximum atomic E-state index is 10.7. The largest absolute Gasteiger partial charge is 0.477 e. The lowest BCUT2D eigenvalue weighted by atomic mass is 10.3. The van der Waals surface area contributed by atoms with E-state index in [0.717, 1.165) is 10.7 Å². The Kier molecular flexibility index (Phi) is 2.55. The minimum Gasteiger partial charge on any atom is -0.477 e. The molecule has 0 amide bonds. The fraction of sp³-hybridized carbons (Fsp3) is 0.200. The highest BCUT2D eigenvalue weighted by Gasteiger charge is 2.08. The molecule has 2 heterocycles. The fourth-order valence-corrected chi connectivity index (χ4v) is 2.15. The Balaban J connectivity index is 2.18. The quantitative estimate of drug-likeness (QED) is 0.861. The van der Waals surface area contributed by atoms with Crippen molar-refractivity contribution in [3.63, 3.8) is 0 Å². The second kappa shape index (κ2) is 3.86. The van der Waals surface area contributed by atoms with Gasteiger partial charge in [0.25, 0.3) is 0 Å². The fourth-order valence-electron chi connectivity index (χ4n) is 1.31. The third kappa shape index (κ3) is 2.07. The molecule has 0 saturated heterocycles. The number of hydrogen-bond donors (Lipinski definition) is 1. The van der Waals surface area contributed by atoms with Crippen molar-refractivity contribution in [2.75, 3.05) is 0 Å². The zero-order valence-corrected chi connectivity index (χ0v) is 8.99. The summed E-state index contributed by atoms with van der Waals surface area (Å²) in [5.74, 6) is 0.0693. The molecule has 0 aromatic carbocycles. The van der Waals surface area contributed by atoms with Crippen molar-refractivity contribution < 1.29 is 9.90 Å². The third-order valence-corrected chi connectivity index (χ3v) is 3.20. The molecule has 5 heteroatoms. The molecule has 0 fully saturated rings. The van der Waals surface area contributed by atoms with E-state index in [1.807, 2.05) is 23.9 Å². The van der Waals surface area contributed by atoms with Gasteiger partial charge in [0.1, 0.15) is 10.7 Å². The van der Waals surface area contributed by atoms with Gasteiger partial charge in [-0.1, -0.05) is 0 Å². The molecule has 0 aliphatic carbocycles. The van der Waals surface area contributed by atoms with E-state index in [1.54, 1.807) is 12.3 Å². The van der Waals surface area contributed by atoms with Gasteiger partial charge in [0, 0.05) is 30.7 Å². The molecule has 0 aliphatic rings. The number of thiophene rings is 1. The Bertz CT molecular complexity index is 487. The van der Waals surface area contributed by atoms with Gasteiger partial charge < -0.3 is 9.67 Å². The molecule has 4 nitrogen and oxygen atoms in total. The lowest BCUT2D eigenvalue weighted by Crippen LogP contribution is -1.96. The molecule has 1 N–H and O–H groups in total. The zero-order chi connectivity index (χ0) is 10.8. The summed E-state index contributed by atoms with van der Waals surface area (Å²) in [4.78, 5) is 16.3. The van der Waals surface area contributed by atoms with Crippen molar-refractivity contribution in [1.29, 1.82) is 0 Å². The molecule has 2 aromatic heterocycles. The first-order valence-corrected chi connectivity index (χ1v) is 5.26. The molecule has 0 bridgehead atoms. The summed E-state index contributed by atoms with van der Waals surface area (Å²) in [5, 5.41) is 8.77. The van der Waals surface area contributed by atoms with Crippen molar-refractivity contribution >= 4 is 17.3 Å². The average molecular weight is 222 g/mol. The topological polar surface area (TPSA) is 55.1 Å². The molecule has 0 saturated carbocycles. The summed E-state index contributed by atoms with van der Waals surface area (Å²) in [6.07, 6.45) is 4.30. The zero-order valence-electron chi connectivity index (χ0n) is 8.17. The molecule has 0 spiro atoms. The van der Waals surface area contributed by atoms with Gasteiger partial charge in [-0.3, -0.25) is 0 Å². The number of nitrogens with zero attached hydrogens (tertiary/aromatic N) is 2. The average Bonchev–Trinajstić information content (AvgIpc) is 2.77. The predicted octanol–water partition coefficient (Wildman–Crippen LogP) is 1.77. The van der Waals surface area contributed by atoms with Gasteiger partial charge in [-0.15, -0.1) is 11.3 Å². The number of aromatic nitrogens is 2. The number of aromatic carboxylic acids is 1. The van der Waals surface area contributed by atoms with Crippen LogP contribution in [-0.2, 0) is 13.5 Å². The first kappa shape index (κ1) is 9.92. The van der Waals surface area contributed by atoms with E-state index < -0.39 is 5.97 Å². The monoisotopic (exact) mass is 222 g/mol. The minimum absolute atomic E-state index is 0.374. The highest BCUT2D eigenvalue weighted by molar-refractivity contribution is 7.13. The van der Waals surface area contributed by atoms with Crippen LogP contribution in [0, 0.1) is 0 Å². The van der Waals surface area contributed by atoms with Crippen LogP contribution in [0.1, 0.15) is 20.4 Å². The first-order valence-electron chi connectivity index (χ1n) is 4.45. The van der Waals surface area contributed by atoms with Gasteiger partial charge in [-0.25, -0.2) is 9.78 Å². The van der Waals surface area contributed by atoms with Gasteiger partial charge in [0.15, 0.2) is 0 Å². The molecular formula is C10H10N2O2S. The summed E-state index contributed by atoms with van der Waals surface area (Å²) in [7, 11) is 1.92. The van der Waals surface area contributed by atoms with E-state index >= 15 is 0 Å². The minimum atomic E-state index is -0.869. The molecule has 2 rings (SSSR count). The van der Waals surface area contributed by atoms with Crippen molar-refractivity contribution in [3.8, 4) is 0 Å². The maximum absolute atomic E-state index is 10.7. The standard InChI is InChI=1S/C10H10N2O2S/c1-12-5-4-11-9(12)6-7-2-3-8(15-7)10(13)14/h2-5H,6H2,1H3,(H,13,14). The van der Waals surface area contributed by atoms with Crippen molar-refractivity contribution in [3.05, 3.63) is 40.1 Å². The highest BCUT2D eigenvalue weighted by Crippen LogP contribution is 2.18. The highest BCUT2D eigenvalue weighted by atomic mass is 32.1. The summed E-state index contributed by atoms with van der Waals surface area (Å²) < 4.78 is 1.93. The summed E-state index contributed by atoms with van der Waals surface area (Å²) >= 11 is 1.30. The number of carboxylic acid groups (broad SMARTS) is 1. The number of aryl methyl sites for hydroxylation is 1. The molecule has 0 atom stereocenters. The van der Waals surface area contributed by atoms with Crippen molar-refractivity contribution in [2.24, 2.45) is 7.05 Å². The van der Waals surface area contributed by atoms with E-state index in [-0.39, 0.29) is 0 Å². The van der Waals surface area contributed by atoms with Crippen LogP contribution in [0.5, 0.6) is 0 Å². The molecule has 0 unspecified atom stereocenters. The number of carboxylic acids is 1. The normalized spacial score (nSPS) is 10.5. The van der Waals surface area contributed by atoms with Crippen LogP contribution in [0.15, 0.2) is 24.5 Å². The van der Waals surface area contributed by atoms with Crippen LogP contribution in [0.3, 0.4) is 0 Å². The van der Waals surface area contributed by atoms with Gasteiger partial charge in [0.05, 0.1) is 0 Å². The molecule has 78 valence electrons. The Morgan fingerprint density at radius 3 is 2.93 bits per heavy atom. The Labute approximate surface area is 90.8 Å². The van der Waals surface area contributed by atoms with Crippen LogP contribution in [0.2, 0.25) is 0 Å². The van der Waals surface area contributed by atoms with Crippen LogP contribution >= 0.6 is 11.3 Å². The molecular weight excluding hydrogens is 212 g/mol. The van der Waals surface area contributed by atoms with E-state index in [1.165, 1.54) is 11.3 Å². The first-order chi connectivity index (χ1) is 7.16. The summed E-state index contributed by atoms with van der Waals surface area (Å²) in [6.45, 7) is 0. The van der Waals surface area contributed by atoms with Gasteiger partial charge in [-0.05, 0) is 12.1 Å². The van der Waals surface area contributed by atoms with Crippen molar-refractivity contribution in [1.82, 2.24) is 9.55 Å². The molecule has 15 heavy (non-hydrogen) atoms. The van der Waals surface area contributed by atoms with Crippen LogP contribution in [-0.4, -0.2) is 20.6 Å².